The highest BCUT2D eigenvalue weighted by Gasteiger charge is 2.40. The van der Waals surface area contributed by atoms with Crippen LogP contribution >= 0.6 is 0 Å². The van der Waals surface area contributed by atoms with E-state index in [4.69, 9.17) is 0 Å². The molecule has 0 rings (SSSR count). The maximum Gasteiger partial charge on any atom is 0.276 e. The van der Waals surface area contributed by atoms with E-state index in [1.54, 1.807) is 0 Å². The Morgan fingerprint density at radius 2 is 1.27 bits per heavy atom. The number of hydrogen-bond donors (Lipinski definition) is 0. The third kappa shape index (κ3) is 9.84. The zero-order valence-corrected chi connectivity index (χ0v) is 8.30. The molecule has 0 aliphatic rings. The Morgan fingerprint density at radius 1 is 0.800 bits per heavy atom. The molecule has 0 N–H and O–H groups in total. The van der Waals surface area contributed by atoms with E-state index in [0.29, 0.717) is 13.8 Å². The molecule has 0 aliphatic heterocycles. The minimum atomic E-state index is -3.80. The molecular weight excluding hydrogens is 226 g/mol. The van der Waals surface area contributed by atoms with Crippen LogP contribution in [0, 0.1) is 0 Å². The molecule has 0 fully saturated rings. The third-order valence-electron chi connectivity index (χ3n) is 1.24. The van der Waals surface area contributed by atoms with E-state index in [-0.39, 0.29) is 0 Å². The van der Waals surface area contributed by atoms with Crippen molar-refractivity contribution in [1.82, 2.24) is 0 Å². The zero-order valence-electron chi connectivity index (χ0n) is 8.30. The van der Waals surface area contributed by atoms with Gasteiger partial charge in [0.05, 0.1) is 6.42 Å². The van der Waals surface area contributed by atoms with Crippen molar-refractivity contribution < 1.29 is 31.1 Å². The first-order valence-corrected chi connectivity index (χ1v) is 4.13. The van der Waals surface area contributed by atoms with Crippen LogP contribution in [0.4, 0.5) is 26.3 Å². The normalized spacial score (nSPS) is 14.4. The van der Waals surface area contributed by atoms with Crippen LogP contribution < -0.4 is 0 Å². The maximum absolute atomic E-state index is 12.6. The van der Waals surface area contributed by atoms with E-state index in [2.05, 4.69) is 4.74 Å². The molecule has 0 saturated heterocycles. The number of hydrogen-bond acceptors (Lipinski definition) is 1. The summed E-state index contributed by atoms with van der Waals surface area (Å²) in [5, 5.41) is 0. The molecule has 0 heterocycles. The largest absolute Gasteiger partial charge is 0.369 e. The molecule has 0 spiro atoms. The van der Waals surface area contributed by atoms with Crippen LogP contribution in [0.5, 0.6) is 0 Å². The first-order valence-electron chi connectivity index (χ1n) is 4.13. The van der Waals surface area contributed by atoms with Gasteiger partial charge in [0.2, 0.25) is 0 Å². The van der Waals surface area contributed by atoms with E-state index in [0.717, 1.165) is 0 Å². The van der Waals surface area contributed by atoms with E-state index in [1.165, 1.54) is 0 Å². The molecule has 7 heteroatoms. The first-order chi connectivity index (χ1) is 6.41. The highest BCUT2D eigenvalue weighted by atomic mass is 19.3. The second-order valence-electron chi connectivity index (χ2n) is 3.67. The molecule has 0 aromatic rings. The SMILES string of the molecule is CC(F)(F)COCC(F)(F)CC(C)(F)F. The van der Waals surface area contributed by atoms with Gasteiger partial charge >= 0.3 is 0 Å². The lowest BCUT2D eigenvalue weighted by atomic mass is 10.1. The summed E-state index contributed by atoms with van der Waals surface area (Å²) < 4.78 is 77.9. The predicted octanol–water partition coefficient (Wildman–Crippen LogP) is 3.34. The van der Waals surface area contributed by atoms with Gasteiger partial charge in [0.15, 0.2) is 0 Å². The average molecular weight is 238 g/mol. The van der Waals surface area contributed by atoms with E-state index in [1.807, 2.05) is 0 Å². The molecule has 92 valence electrons. The van der Waals surface area contributed by atoms with Gasteiger partial charge < -0.3 is 4.74 Å². The smallest absolute Gasteiger partial charge is 0.276 e. The number of halogens is 6. The molecule has 0 aliphatic carbocycles. The van der Waals surface area contributed by atoms with Gasteiger partial charge in [-0.05, 0) is 6.92 Å². The molecule has 1 nitrogen and oxygen atoms in total. The standard InChI is InChI=1S/C8H12F6O/c1-6(9,10)3-8(13,14)5-15-4-7(2,11)12/h3-5H2,1-2H3. The molecule has 0 aromatic heterocycles. The minimum Gasteiger partial charge on any atom is -0.369 e. The Morgan fingerprint density at radius 3 is 1.60 bits per heavy atom. The molecule has 0 bridgehead atoms. The van der Waals surface area contributed by atoms with E-state index in [9.17, 15) is 26.3 Å². The van der Waals surface area contributed by atoms with Crippen molar-refractivity contribution in [3.63, 3.8) is 0 Å². The summed E-state index contributed by atoms with van der Waals surface area (Å²) in [4.78, 5) is 0. The van der Waals surface area contributed by atoms with Crippen LogP contribution in [0.25, 0.3) is 0 Å². The molecule has 0 saturated carbocycles. The summed E-state index contributed by atoms with van der Waals surface area (Å²) in [5.74, 6) is -10.6. The summed E-state index contributed by atoms with van der Waals surface area (Å²) in [6, 6.07) is 0. The first kappa shape index (κ1) is 14.5. The topological polar surface area (TPSA) is 9.23 Å². The lowest BCUT2D eigenvalue weighted by molar-refractivity contribution is -0.155. The minimum absolute atomic E-state index is 0.329. The molecule has 0 atom stereocenters. The predicted molar refractivity (Wildman–Crippen MR) is 41.6 cm³/mol. The van der Waals surface area contributed by atoms with Gasteiger partial charge in [0.1, 0.15) is 13.2 Å². The molecule has 0 aromatic carbocycles. The Labute approximate surface area is 83.4 Å². The second kappa shape index (κ2) is 4.59. The van der Waals surface area contributed by atoms with Crippen LogP contribution in [0.3, 0.4) is 0 Å². The fourth-order valence-electron chi connectivity index (χ4n) is 0.885. The fourth-order valence-corrected chi connectivity index (χ4v) is 0.885. The van der Waals surface area contributed by atoms with Crippen molar-refractivity contribution in [3.8, 4) is 0 Å². The summed E-state index contributed by atoms with van der Waals surface area (Å²) in [6.07, 6.45) is -1.71. The van der Waals surface area contributed by atoms with Crippen LogP contribution in [0.2, 0.25) is 0 Å². The summed E-state index contributed by atoms with van der Waals surface area (Å²) in [5.41, 5.74) is 0. The van der Waals surface area contributed by atoms with Gasteiger partial charge in [-0.15, -0.1) is 0 Å². The fraction of sp³-hybridized carbons (Fsp3) is 1.00. The highest BCUT2D eigenvalue weighted by molar-refractivity contribution is 4.74. The van der Waals surface area contributed by atoms with Crippen molar-refractivity contribution in [3.05, 3.63) is 0 Å². The van der Waals surface area contributed by atoms with Gasteiger partial charge in [-0.25, -0.2) is 26.3 Å². The number of ether oxygens (including phenoxy) is 1. The van der Waals surface area contributed by atoms with Crippen LogP contribution in [-0.4, -0.2) is 31.0 Å². The van der Waals surface area contributed by atoms with Gasteiger partial charge in [0.25, 0.3) is 17.8 Å². The zero-order chi connectivity index (χ0) is 12.3. The van der Waals surface area contributed by atoms with Crippen molar-refractivity contribution >= 4 is 0 Å². The van der Waals surface area contributed by atoms with Crippen molar-refractivity contribution in [2.75, 3.05) is 13.2 Å². The number of alkyl halides is 6. The van der Waals surface area contributed by atoms with Crippen molar-refractivity contribution in [2.24, 2.45) is 0 Å². The molecule has 0 radical (unpaired) electrons. The molecule has 0 amide bonds. The van der Waals surface area contributed by atoms with Crippen molar-refractivity contribution in [1.29, 1.82) is 0 Å². The van der Waals surface area contributed by atoms with E-state index >= 15 is 0 Å². The lowest BCUT2D eigenvalue weighted by Crippen LogP contribution is -2.33. The van der Waals surface area contributed by atoms with E-state index < -0.39 is 37.4 Å². The lowest BCUT2D eigenvalue weighted by Gasteiger charge is -2.21. The highest BCUT2D eigenvalue weighted by Crippen LogP contribution is 2.30. The Hall–Kier alpha value is -0.460. The molecule has 15 heavy (non-hydrogen) atoms. The second-order valence-corrected chi connectivity index (χ2v) is 3.67. The monoisotopic (exact) mass is 238 g/mol. The van der Waals surface area contributed by atoms with Gasteiger partial charge in [-0.3, -0.25) is 0 Å². The van der Waals surface area contributed by atoms with Crippen LogP contribution in [0.15, 0.2) is 0 Å². The number of rotatable bonds is 6. The quantitative estimate of drug-likeness (QED) is 0.645. The van der Waals surface area contributed by atoms with Gasteiger partial charge in [-0.1, -0.05) is 0 Å². The summed E-state index contributed by atoms with van der Waals surface area (Å²) in [6.45, 7) is -1.83. The Balaban J connectivity index is 3.95. The average Bonchev–Trinajstić information content (AvgIpc) is 1.75. The van der Waals surface area contributed by atoms with Crippen LogP contribution in [-0.2, 0) is 4.74 Å². The third-order valence-corrected chi connectivity index (χ3v) is 1.24. The molecule has 0 unspecified atom stereocenters. The maximum atomic E-state index is 12.6. The summed E-state index contributed by atoms with van der Waals surface area (Å²) >= 11 is 0. The van der Waals surface area contributed by atoms with Crippen LogP contribution in [0.1, 0.15) is 20.3 Å². The van der Waals surface area contributed by atoms with Gasteiger partial charge in [0, 0.05) is 6.92 Å². The van der Waals surface area contributed by atoms with Crippen molar-refractivity contribution in [2.45, 2.75) is 38.0 Å². The molecular formula is C8H12F6O. The van der Waals surface area contributed by atoms with Gasteiger partial charge in [-0.2, -0.15) is 0 Å². The summed E-state index contributed by atoms with van der Waals surface area (Å²) in [7, 11) is 0. The Bertz CT molecular complexity index is 192. The Kier molecular flexibility index (Phi) is 4.45.